The van der Waals surface area contributed by atoms with Crippen molar-refractivity contribution >= 4 is 38.9 Å². The Morgan fingerprint density at radius 3 is 2.62 bits per heavy atom. The van der Waals surface area contributed by atoms with Gasteiger partial charge >= 0.3 is 0 Å². The molecule has 0 aliphatic heterocycles. The highest BCUT2D eigenvalue weighted by Gasteiger charge is 2.16. The van der Waals surface area contributed by atoms with Gasteiger partial charge in [-0.2, -0.15) is 0 Å². The highest BCUT2D eigenvalue weighted by molar-refractivity contribution is 9.10. The molecule has 8 heteroatoms. The maximum absolute atomic E-state index is 13.6. The molecule has 0 saturated heterocycles. The lowest BCUT2D eigenvalue weighted by Crippen LogP contribution is -2.05. The molecule has 0 heterocycles. The summed E-state index contributed by atoms with van der Waals surface area (Å²) in [5.74, 6) is -1.66. The number of rotatable bonds is 4. The lowest BCUT2D eigenvalue weighted by Gasteiger charge is -2.10. The van der Waals surface area contributed by atoms with Crippen LogP contribution in [0.3, 0.4) is 0 Å². The van der Waals surface area contributed by atoms with Gasteiger partial charge in [-0.15, -0.1) is 0 Å². The van der Waals surface area contributed by atoms with E-state index in [1.165, 1.54) is 12.1 Å². The van der Waals surface area contributed by atoms with Crippen molar-refractivity contribution in [3.05, 3.63) is 67.1 Å². The van der Waals surface area contributed by atoms with E-state index in [-0.39, 0.29) is 22.9 Å². The minimum absolute atomic E-state index is 0.0220. The van der Waals surface area contributed by atoms with E-state index >= 15 is 0 Å². The predicted octanol–water partition coefficient (Wildman–Crippen LogP) is 4.90. The third-order valence-electron chi connectivity index (χ3n) is 2.71. The number of halogens is 4. The Bertz CT molecular complexity index is 690. The van der Waals surface area contributed by atoms with E-state index < -0.39 is 16.6 Å². The van der Waals surface area contributed by atoms with Gasteiger partial charge in [0.05, 0.1) is 15.6 Å². The van der Waals surface area contributed by atoms with Gasteiger partial charge in [0.15, 0.2) is 5.82 Å². The van der Waals surface area contributed by atoms with E-state index in [4.69, 9.17) is 11.6 Å². The Morgan fingerprint density at radius 2 is 2.00 bits per heavy atom. The topological polar surface area (TPSA) is 55.2 Å². The fraction of sp³-hybridized carbons (Fsp3) is 0.0769. The second-order valence-corrected chi connectivity index (χ2v) is 5.45. The number of nitro groups is 1. The zero-order valence-corrected chi connectivity index (χ0v) is 12.7. The molecule has 110 valence electrons. The average molecular weight is 378 g/mol. The van der Waals surface area contributed by atoms with Gasteiger partial charge in [-0.25, -0.2) is 8.78 Å². The van der Waals surface area contributed by atoms with Crippen LogP contribution >= 0.6 is 27.5 Å². The molecule has 0 saturated carbocycles. The van der Waals surface area contributed by atoms with E-state index in [2.05, 4.69) is 21.2 Å². The molecular weight excluding hydrogens is 370 g/mol. The molecule has 0 amide bonds. The van der Waals surface area contributed by atoms with Crippen molar-refractivity contribution in [2.24, 2.45) is 0 Å². The largest absolute Gasteiger partial charge is 0.377 e. The summed E-state index contributed by atoms with van der Waals surface area (Å²) in [6, 6.07) is 6.16. The van der Waals surface area contributed by atoms with Gasteiger partial charge in [-0.05, 0) is 18.2 Å². The number of nitrogens with one attached hydrogen (secondary N) is 1. The monoisotopic (exact) mass is 376 g/mol. The molecule has 2 aromatic carbocycles. The van der Waals surface area contributed by atoms with Crippen LogP contribution in [0.5, 0.6) is 0 Å². The number of nitrogens with zero attached hydrogens (tertiary/aromatic N) is 1. The van der Waals surface area contributed by atoms with E-state index in [1.807, 2.05) is 0 Å². The van der Waals surface area contributed by atoms with E-state index in [1.54, 1.807) is 6.07 Å². The maximum atomic E-state index is 13.6. The van der Waals surface area contributed by atoms with Crippen molar-refractivity contribution in [2.45, 2.75) is 6.54 Å². The summed E-state index contributed by atoms with van der Waals surface area (Å²) in [5.41, 5.74) is 0.133. The lowest BCUT2D eigenvalue weighted by molar-refractivity contribution is -0.385. The maximum Gasteiger partial charge on any atom is 0.275 e. The van der Waals surface area contributed by atoms with Crippen molar-refractivity contribution < 1.29 is 13.7 Å². The van der Waals surface area contributed by atoms with Crippen LogP contribution in [0.4, 0.5) is 20.2 Å². The molecule has 4 nitrogen and oxygen atoms in total. The zero-order valence-electron chi connectivity index (χ0n) is 10.4. The molecular formula is C13H8BrClF2N2O2. The third-order valence-corrected chi connectivity index (χ3v) is 3.50. The van der Waals surface area contributed by atoms with Crippen LogP contribution in [0.2, 0.25) is 5.02 Å². The highest BCUT2D eigenvalue weighted by Crippen LogP contribution is 2.29. The molecule has 0 bridgehead atoms. The molecule has 0 radical (unpaired) electrons. The third kappa shape index (κ3) is 3.68. The lowest BCUT2D eigenvalue weighted by atomic mass is 10.1. The molecule has 0 aliphatic carbocycles. The molecule has 2 aromatic rings. The summed E-state index contributed by atoms with van der Waals surface area (Å²) < 4.78 is 27.1. The molecule has 0 aliphatic rings. The number of anilines is 1. The smallest absolute Gasteiger partial charge is 0.275 e. The first kappa shape index (κ1) is 15.7. The van der Waals surface area contributed by atoms with E-state index in [0.29, 0.717) is 16.1 Å². The summed E-state index contributed by atoms with van der Waals surface area (Å²) in [7, 11) is 0. The molecule has 0 atom stereocenters. The van der Waals surface area contributed by atoms with Crippen molar-refractivity contribution in [1.29, 1.82) is 0 Å². The van der Waals surface area contributed by atoms with E-state index in [0.717, 1.165) is 6.07 Å². The molecule has 0 spiro atoms. The molecule has 1 N–H and O–H groups in total. The molecule has 0 aromatic heterocycles. The summed E-state index contributed by atoms with van der Waals surface area (Å²) in [4.78, 5) is 10.4. The Balaban J connectivity index is 2.27. The Morgan fingerprint density at radius 1 is 1.29 bits per heavy atom. The average Bonchev–Trinajstić information content (AvgIpc) is 2.38. The standard InChI is InChI=1S/C13H8BrClF2N2O2/c14-8-2-1-7(12(3-8)19(20)21)6-18-13-10(15)4-9(16)5-11(13)17/h1-5,18H,6H2. The first-order chi connectivity index (χ1) is 9.88. The summed E-state index contributed by atoms with van der Waals surface area (Å²) in [6.45, 7) is -0.0220. The Labute approximate surface area is 132 Å². The first-order valence-corrected chi connectivity index (χ1v) is 6.87. The van der Waals surface area contributed by atoms with Gasteiger partial charge in [-0.3, -0.25) is 10.1 Å². The van der Waals surface area contributed by atoms with Crippen LogP contribution in [0.15, 0.2) is 34.8 Å². The van der Waals surface area contributed by atoms with Crippen LogP contribution < -0.4 is 5.32 Å². The highest BCUT2D eigenvalue weighted by atomic mass is 79.9. The molecule has 21 heavy (non-hydrogen) atoms. The normalized spacial score (nSPS) is 10.5. The minimum atomic E-state index is -0.861. The van der Waals surface area contributed by atoms with Crippen molar-refractivity contribution in [3.8, 4) is 0 Å². The van der Waals surface area contributed by atoms with Crippen LogP contribution in [-0.4, -0.2) is 4.92 Å². The fourth-order valence-electron chi connectivity index (χ4n) is 1.75. The van der Waals surface area contributed by atoms with Crippen LogP contribution in [0, 0.1) is 21.7 Å². The van der Waals surface area contributed by atoms with E-state index in [9.17, 15) is 18.9 Å². The van der Waals surface area contributed by atoms with Gasteiger partial charge in [0.1, 0.15) is 5.82 Å². The first-order valence-electron chi connectivity index (χ1n) is 5.69. The summed E-state index contributed by atoms with van der Waals surface area (Å²) in [5, 5.41) is 13.5. The Hall–Kier alpha value is -1.73. The second-order valence-electron chi connectivity index (χ2n) is 4.13. The Kier molecular flexibility index (Phi) is 4.74. The van der Waals surface area contributed by atoms with Gasteiger partial charge < -0.3 is 5.32 Å². The number of nitro benzene ring substituents is 1. The summed E-state index contributed by atoms with van der Waals surface area (Å²) in [6.07, 6.45) is 0. The van der Waals surface area contributed by atoms with Gasteiger partial charge in [0.2, 0.25) is 0 Å². The fourth-order valence-corrected chi connectivity index (χ4v) is 2.36. The SMILES string of the molecule is O=[N+]([O-])c1cc(Br)ccc1CNc1c(F)cc(F)cc1Cl. The minimum Gasteiger partial charge on any atom is -0.377 e. The second kappa shape index (κ2) is 6.36. The van der Waals surface area contributed by atoms with Gasteiger partial charge in [0, 0.05) is 28.7 Å². The molecule has 2 rings (SSSR count). The number of hydrogen-bond donors (Lipinski definition) is 1. The zero-order chi connectivity index (χ0) is 15.6. The quantitative estimate of drug-likeness (QED) is 0.609. The predicted molar refractivity (Wildman–Crippen MR) is 79.5 cm³/mol. The molecule has 0 fully saturated rings. The van der Waals surface area contributed by atoms with Crippen molar-refractivity contribution in [2.75, 3.05) is 5.32 Å². The number of hydrogen-bond acceptors (Lipinski definition) is 3. The van der Waals surface area contributed by atoms with Crippen LogP contribution in [0.1, 0.15) is 5.56 Å². The van der Waals surface area contributed by atoms with Crippen molar-refractivity contribution in [3.63, 3.8) is 0 Å². The molecule has 0 unspecified atom stereocenters. The van der Waals surface area contributed by atoms with Crippen LogP contribution in [0.25, 0.3) is 0 Å². The van der Waals surface area contributed by atoms with Gasteiger partial charge in [0.25, 0.3) is 5.69 Å². The van der Waals surface area contributed by atoms with Crippen molar-refractivity contribution in [1.82, 2.24) is 0 Å². The van der Waals surface area contributed by atoms with Crippen LogP contribution in [-0.2, 0) is 6.54 Å². The van der Waals surface area contributed by atoms with Gasteiger partial charge in [-0.1, -0.05) is 27.5 Å². The number of benzene rings is 2. The summed E-state index contributed by atoms with van der Waals surface area (Å²) >= 11 is 8.89.